The van der Waals surface area contributed by atoms with E-state index in [4.69, 9.17) is 14.7 Å². The Morgan fingerprint density at radius 2 is 2.00 bits per heavy atom. The molecule has 0 atom stereocenters. The largest absolute Gasteiger partial charge is 0.489 e. The molecular formula is C20H24N2O2. The maximum atomic E-state index is 9.11. The minimum atomic E-state index is 0.398. The molecule has 0 aliphatic carbocycles. The molecule has 0 bridgehead atoms. The lowest BCUT2D eigenvalue weighted by atomic mass is 10.1. The summed E-state index contributed by atoms with van der Waals surface area (Å²) < 4.78 is 11.2. The van der Waals surface area contributed by atoms with Gasteiger partial charge in [-0.2, -0.15) is 5.26 Å². The van der Waals surface area contributed by atoms with Crippen molar-refractivity contribution in [3.8, 4) is 11.8 Å². The number of hydrogen-bond donors (Lipinski definition) is 1. The summed E-state index contributed by atoms with van der Waals surface area (Å²) in [5.74, 6) is 0.816. The minimum absolute atomic E-state index is 0.398. The first-order valence-corrected chi connectivity index (χ1v) is 8.31. The number of ether oxygens (including phenoxy) is 2. The second-order valence-electron chi connectivity index (χ2n) is 5.43. The van der Waals surface area contributed by atoms with E-state index in [0.29, 0.717) is 12.2 Å². The van der Waals surface area contributed by atoms with Crippen LogP contribution in [0.2, 0.25) is 0 Å². The molecule has 1 N–H and O–H groups in total. The van der Waals surface area contributed by atoms with Crippen molar-refractivity contribution in [1.29, 1.82) is 5.26 Å². The minimum Gasteiger partial charge on any atom is -0.489 e. The molecular weight excluding hydrogens is 300 g/mol. The Morgan fingerprint density at radius 1 is 1.12 bits per heavy atom. The average Bonchev–Trinajstić information content (AvgIpc) is 2.63. The van der Waals surface area contributed by atoms with E-state index in [1.165, 1.54) is 5.56 Å². The Hall–Kier alpha value is -2.35. The van der Waals surface area contributed by atoms with Crippen LogP contribution >= 0.6 is 0 Å². The molecule has 2 aromatic rings. The molecule has 4 heteroatoms. The Morgan fingerprint density at radius 3 is 2.83 bits per heavy atom. The first kappa shape index (κ1) is 18.0. The van der Waals surface area contributed by atoms with Crippen molar-refractivity contribution < 1.29 is 9.47 Å². The molecule has 0 fully saturated rings. The van der Waals surface area contributed by atoms with Gasteiger partial charge in [0.15, 0.2) is 0 Å². The van der Waals surface area contributed by atoms with E-state index >= 15 is 0 Å². The van der Waals surface area contributed by atoms with Crippen LogP contribution in [0.4, 0.5) is 0 Å². The van der Waals surface area contributed by atoms with Gasteiger partial charge in [-0.05, 0) is 43.7 Å². The summed E-state index contributed by atoms with van der Waals surface area (Å²) in [5, 5.41) is 12.5. The number of benzene rings is 2. The lowest BCUT2D eigenvalue weighted by Crippen LogP contribution is -2.16. The zero-order valence-corrected chi connectivity index (χ0v) is 14.1. The van der Waals surface area contributed by atoms with Crippen LogP contribution in [-0.4, -0.2) is 19.8 Å². The maximum Gasteiger partial charge on any atom is 0.120 e. The van der Waals surface area contributed by atoms with Crippen LogP contribution in [0.15, 0.2) is 48.5 Å². The molecule has 0 aliphatic heterocycles. The van der Waals surface area contributed by atoms with Gasteiger partial charge < -0.3 is 14.8 Å². The zero-order valence-electron chi connectivity index (χ0n) is 14.1. The maximum absolute atomic E-state index is 9.11. The normalized spacial score (nSPS) is 10.3. The van der Waals surface area contributed by atoms with E-state index in [9.17, 15) is 0 Å². The van der Waals surface area contributed by atoms with Gasteiger partial charge in [0.1, 0.15) is 12.4 Å². The van der Waals surface area contributed by atoms with Gasteiger partial charge in [-0.1, -0.05) is 30.3 Å². The lowest BCUT2D eigenvalue weighted by Gasteiger charge is -2.10. The molecule has 24 heavy (non-hydrogen) atoms. The van der Waals surface area contributed by atoms with Gasteiger partial charge in [-0.3, -0.25) is 0 Å². The summed E-state index contributed by atoms with van der Waals surface area (Å²) in [4.78, 5) is 0. The van der Waals surface area contributed by atoms with Crippen LogP contribution in [0.25, 0.3) is 0 Å². The van der Waals surface area contributed by atoms with Gasteiger partial charge in [0.25, 0.3) is 0 Å². The van der Waals surface area contributed by atoms with Crippen molar-refractivity contribution >= 4 is 0 Å². The highest BCUT2D eigenvalue weighted by Gasteiger charge is 2.02. The fraction of sp³-hybridized carbons (Fsp3) is 0.350. The first-order valence-electron chi connectivity index (χ1n) is 8.31. The lowest BCUT2D eigenvalue weighted by molar-refractivity contribution is 0.144. The van der Waals surface area contributed by atoms with E-state index in [2.05, 4.69) is 17.5 Å². The Labute approximate surface area is 144 Å². The predicted octanol–water partition coefficient (Wildman–Crippen LogP) is 3.65. The topological polar surface area (TPSA) is 54.3 Å². The van der Waals surface area contributed by atoms with E-state index in [1.807, 2.05) is 43.3 Å². The fourth-order valence-corrected chi connectivity index (χ4v) is 2.34. The van der Waals surface area contributed by atoms with Crippen molar-refractivity contribution in [2.45, 2.75) is 26.5 Å². The molecule has 2 rings (SSSR count). The quantitative estimate of drug-likeness (QED) is 0.678. The molecule has 0 unspecified atom stereocenters. The van der Waals surface area contributed by atoms with Crippen LogP contribution in [0, 0.1) is 11.3 Å². The summed E-state index contributed by atoms with van der Waals surface area (Å²) in [5.41, 5.74) is 2.74. The van der Waals surface area contributed by atoms with Crippen molar-refractivity contribution in [3.05, 3.63) is 65.2 Å². The third-order valence-corrected chi connectivity index (χ3v) is 3.61. The van der Waals surface area contributed by atoms with E-state index in [0.717, 1.165) is 44.0 Å². The van der Waals surface area contributed by atoms with Crippen molar-refractivity contribution in [3.63, 3.8) is 0 Å². The number of nitriles is 1. The van der Waals surface area contributed by atoms with E-state index in [-0.39, 0.29) is 0 Å². The number of nitrogens with one attached hydrogen (secondary N) is 1. The average molecular weight is 324 g/mol. The van der Waals surface area contributed by atoms with Crippen LogP contribution < -0.4 is 10.1 Å². The molecule has 0 aromatic heterocycles. The molecule has 4 nitrogen and oxygen atoms in total. The fourth-order valence-electron chi connectivity index (χ4n) is 2.34. The highest BCUT2D eigenvalue weighted by Crippen LogP contribution is 2.16. The van der Waals surface area contributed by atoms with Crippen LogP contribution in [0.1, 0.15) is 30.0 Å². The van der Waals surface area contributed by atoms with Crippen LogP contribution in [0.3, 0.4) is 0 Å². The van der Waals surface area contributed by atoms with Gasteiger partial charge in [0, 0.05) is 25.3 Å². The van der Waals surface area contributed by atoms with Gasteiger partial charge in [0.05, 0.1) is 11.6 Å². The number of rotatable bonds is 10. The smallest absolute Gasteiger partial charge is 0.120 e. The molecule has 0 radical (unpaired) electrons. The third kappa shape index (κ3) is 6.04. The Bertz CT molecular complexity index is 665. The van der Waals surface area contributed by atoms with Gasteiger partial charge in [-0.25, -0.2) is 0 Å². The van der Waals surface area contributed by atoms with Gasteiger partial charge in [0.2, 0.25) is 0 Å². The third-order valence-electron chi connectivity index (χ3n) is 3.61. The standard InChI is InChI=1S/C20H24N2O2/c1-2-23-12-6-11-22-15-17-7-5-10-20(13-17)24-16-19-9-4-3-8-18(19)14-21/h3-5,7-10,13,22H,2,6,11-12,15-16H2,1H3. The molecule has 0 saturated carbocycles. The van der Waals surface area contributed by atoms with Crippen LogP contribution in [0.5, 0.6) is 5.75 Å². The second-order valence-corrected chi connectivity index (χ2v) is 5.43. The van der Waals surface area contributed by atoms with E-state index < -0.39 is 0 Å². The van der Waals surface area contributed by atoms with Gasteiger partial charge >= 0.3 is 0 Å². The molecule has 0 heterocycles. The molecule has 0 saturated heterocycles. The van der Waals surface area contributed by atoms with E-state index in [1.54, 1.807) is 6.07 Å². The number of hydrogen-bond acceptors (Lipinski definition) is 4. The summed E-state index contributed by atoms with van der Waals surface area (Å²) in [6.07, 6.45) is 1.01. The van der Waals surface area contributed by atoms with Crippen molar-refractivity contribution in [2.75, 3.05) is 19.8 Å². The van der Waals surface area contributed by atoms with Crippen molar-refractivity contribution in [1.82, 2.24) is 5.32 Å². The molecule has 126 valence electrons. The SMILES string of the molecule is CCOCCCNCc1cccc(OCc2ccccc2C#N)c1. The molecule has 0 amide bonds. The second kappa shape index (κ2) is 10.4. The Balaban J connectivity index is 1.81. The first-order chi connectivity index (χ1) is 11.8. The van der Waals surface area contributed by atoms with Crippen molar-refractivity contribution in [2.24, 2.45) is 0 Å². The highest BCUT2D eigenvalue weighted by molar-refractivity contribution is 5.37. The molecule has 2 aromatic carbocycles. The monoisotopic (exact) mass is 324 g/mol. The summed E-state index contributed by atoms with van der Waals surface area (Å²) >= 11 is 0. The molecule has 0 spiro atoms. The predicted molar refractivity (Wildman–Crippen MR) is 94.7 cm³/mol. The number of nitrogens with zero attached hydrogens (tertiary/aromatic N) is 1. The van der Waals surface area contributed by atoms with Gasteiger partial charge in [-0.15, -0.1) is 0 Å². The highest BCUT2D eigenvalue weighted by atomic mass is 16.5. The summed E-state index contributed by atoms with van der Waals surface area (Å²) in [6.45, 7) is 5.71. The zero-order chi connectivity index (χ0) is 17.0. The summed E-state index contributed by atoms with van der Waals surface area (Å²) in [7, 11) is 0. The Kier molecular flexibility index (Phi) is 7.82. The molecule has 0 aliphatic rings. The summed E-state index contributed by atoms with van der Waals surface area (Å²) in [6, 6.07) is 17.7. The van der Waals surface area contributed by atoms with Crippen LogP contribution in [-0.2, 0) is 17.9 Å².